The number of imide groups is 1. The molecule has 0 radical (unpaired) electrons. The van der Waals surface area contributed by atoms with E-state index in [-0.39, 0.29) is 23.1 Å². The number of alkyl carbamates (subject to hydrolysis) is 1. The van der Waals surface area contributed by atoms with Gasteiger partial charge in [-0.2, -0.15) is 5.01 Å². The highest BCUT2D eigenvalue weighted by atomic mass is 19.1. The molecule has 0 unspecified atom stereocenters. The molecule has 1 saturated heterocycles. The fourth-order valence-electron chi connectivity index (χ4n) is 4.54. The Labute approximate surface area is 217 Å². The summed E-state index contributed by atoms with van der Waals surface area (Å²) in [6.45, 7) is 11.4. The Morgan fingerprint density at radius 1 is 1.08 bits per heavy atom. The minimum absolute atomic E-state index is 0.0507. The highest BCUT2D eigenvalue weighted by Crippen LogP contribution is 2.54. The molecule has 204 valence electrons. The van der Waals surface area contributed by atoms with Gasteiger partial charge in [0.1, 0.15) is 17.0 Å². The van der Waals surface area contributed by atoms with Gasteiger partial charge in [0.05, 0.1) is 17.3 Å². The number of nitrogens with zero attached hydrogens (tertiary/aromatic N) is 2. The van der Waals surface area contributed by atoms with Crippen LogP contribution in [0, 0.1) is 11.2 Å². The molecule has 37 heavy (non-hydrogen) atoms. The minimum Gasteiger partial charge on any atom is -0.444 e. The molecular formula is C26H38FN5O5. The van der Waals surface area contributed by atoms with E-state index in [4.69, 9.17) is 15.3 Å². The van der Waals surface area contributed by atoms with Gasteiger partial charge in [-0.1, -0.05) is 0 Å². The number of rotatable bonds is 5. The fourth-order valence-corrected chi connectivity index (χ4v) is 4.54. The predicted molar refractivity (Wildman–Crippen MR) is 137 cm³/mol. The molecule has 4 rings (SSSR count). The Morgan fingerprint density at radius 3 is 2.24 bits per heavy atom. The standard InChI is InChI=1S/C26H38FN5O5/c1-24(2,3)36-22(34)30-20-13-31(14-26(20)9-10-26)19-12-18(29-15-7-8-15)16(11-17(19)27)21(33)32(28)23(35)37-25(4,5)6/h11-12,15,20,29H,7-10,13-14,28H2,1-6H3,(H,30,34)/t20-/m1/s1. The zero-order valence-corrected chi connectivity index (χ0v) is 22.4. The van der Waals surface area contributed by atoms with E-state index in [9.17, 15) is 14.4 Å². The van der Waals surface area contributed by atoms with Crippen molar-refractivity contribution in [1.82, 2.24) is 10.3 Å². The van der Waals surface area contributed by atoms with Crippen LogP contribution in [-0.2, 0) is 9.47 Å². The van der Waals surface area contributed by atoms with Crippen molar-refractivity contribution in [2.45, 2.75) is 90.5 Å². The van der Waals surface area contributed by atoms with E-state index in [1.807, 2.05) is 4.90 Å². The van der Waals surface area contributed by atoms with E-state index in [2.05, 4.69) is 10.6 Å². The smallest absolute Gasteiger partial charge is 0.432 e. The van der Waals surface area contributed by atoms with Crippen LogP contribution in [0.25, 0.3) is 0 Å². The summed E-state index contributed by atoms with van der Waals surface area (Å²) in [5.74, 6) is 4.29. The summed E-state index contributed by atoms with van der Waals surface area (Å²) in [4.78, 5) is 39.8. The maximum atomic E-state index is 15.5. The Morgan fingerprint density at radius 2 is 1.70 bits per heavy atom. The van der Waals surface area contributed by atoms with Crippen LogP contribution in [-0.4, -0.2) is 59.5 Å². The third kappa shape index (κ3) is 6.44. The van der Waals surface area contributed by atoms with Gasteiger partial charge in [-0.25, -0.2) is 19.8 Å². The Balaban J connectivity index is 1.56. The van der Waals surface area contributed by atoms with Crippen LogP contribution in [0.1, 0.15) is 77.6 Å². The molecule has 1 aliphatic heterocycles. The number of hydrazine groups is 1. The van der Waals surface area contributed by atoms with Crippen molar-refractivity contribution < 1.29 is 28.2 Å². The normalized spacial score (nSPS) is 20.4. The summed E-state index contributed by atoms with van der Waals surface area (Å²) in [5, 5.41) is 6.60. The van der Waals surface area contributed by atoms with Crippen molar-refractivity contribution in [3.05, 3.63) is 23.5 Å². The van der Waals surface area contributed by atoms with Crippen LogP contribution in [0.15, 0.2) is 12.1 Å². The molecule has 1 aromatic rings. The summed E-state index contributed by atoms with van der Waals surface area (Å²) >= 11 is 0. The van der Waals surface area contributed by atoms with Crippen molar-refractivity contribution in [3.8, 4) is 0 Å². The second kappa shape index (κ2) is 9.34. The van der Waals surface area contributed by atoms with Gasteiger partial charge in [0.2, 0.25) is 0 Å². The lowest BCUT2D eigenvalue weighted by atomic mass is 10.0. The lowest BCUT2D eigenvalue weighted by molar-refractivity contribution is 0.0239. The first-order chi connectivity index (χ1) is 17.1. The summed E-state index contributed by atoms with van der Waals surface area (Å²) in [5.41, 5.74) is -0.931. The lowest BCUT2D eigenvalue weighted by Gasteiger charge is -2.25. The molecule has 3 aliphatic rings. The first kappa shape index (κ1) is 27.0. The average molecular weight is 520 g/mol. The second-order valence-corrected chi connectivity index (χ2v) is 12.4. The van der Waals surface area contributed by atoms with Gasteiger partial charge < -0.3 is 25.0 Å². The van der Waals surface area contributed by atoms with Crippen LogP contribution in [0.3, 0.4) is 0 Å². The highest BCUT2D eigenvalue weighted by Gasteiger charge is 2.56. The number of carbonyl (C=O) groups is 3. The van der Waals surface area contributed by atoms with E-state index in [0.29, 0.717) is 29.5 Å². The molecule has 3 amide bonds. The van der Waals surface area contributed by atoms with Crippen LogP contribution in [0.5, 0.6) is 0 Å². The largest absolute Gasteiger partial charge is 0.444 e. The monoisotopic (exact) mass is 519 g/mol. The zero-order valence-electron chi connectivity index (χ0n) is 22.4. The maximum Gasteiger partial charge on any atom is 0.432 e. The summed E-state index contributed by atoms with van der Waals surface area (Å²) in [6, 6.07) is 2.68. The highest BCUT2D eigenvalue weighted by molar-refractivity contribution is 6.06. The zero-order chi connectivity index (χ0) is 27.3. The number of ether oxygens (including phenoxy) is 2. The summed E-state index contributed by atoms with van der Waals surface area (Å²) in [6.07, 6.45) is 2.18. The van der Waals surface area contributed by atoms with Crippen LogP contribution in [0.2, 0.25) is 0 Å². The second-order valence-electron chi connectivity index (χ2n) is 12.4. The van der Waals surface area contributed by atoms with Gasteiger partial charge in [0.15, 0.2) is 0 Å². The molecule has 3 fully saturated rings. The topological polar surface area (TPSA) is 126 Å². The van der Waals surface area contributed by atoms with Gasteiger partial charge in [-0.05, 0) is 79.4 Å². The number of carbonyl (C=O) groups excluding carboxylic acids is 3. The van der Waals surface area contributed by atoms with Crippen LogP contribution < -0.4 is 21.4 Å². The number of nitrogens with two attached hydrogens (primary N) is 1. The molecule has 10 nitrogen and oxygen atoms in total. The quantitative estimate of drug-likeness (QED) is 0.301. The predicted octanol–water partition coefficient (Wildman–Crippen LogP) is 4.14. The first-order valence-corrected chi connectivity index (χ1v) is 12.7. The van der Waals surface area contributed by atoms with E-state index in [0.717, 1.165) is 31.7 Å². The van der Waals surface area contributed by atoms with Crippen molar-refractivity contribution >= 4 is 29.5 Å². The lowest BCUT2D eigenvalue weighted by Crippen LogP contribution is -2.45. The Bertz CT molecular complexity index is 1090. The average Bonchev–Trinajstić information content (AvgIpc) is 3.66. The number of benzene rings is 1. The van der Waals surface area contributed by atoms with Gasteiger partial charge >= 0.3 is 12.2 Å². The van der Waals surface area contributed by atoms with Gasteiger partial charge in [-0.15, -0.1) is 0 Å². The molecule has 0 aromatic heterocycles. The van der Waals surface area contributed by atoms with Gasteiger partial charge in [0.25, 0.3) is 5.91 Å². The molecule has 4 N–H and O–H groups in total. The van der Waals surface area contributed by atoms with Crippen LogP contribution >= 0.6 is 0 Å². The molecule has 1 aromatic carbocycles. The number of amides is 3. The van der Waals surface area contributed by atoms with Crippen molar-refractivity contribution in [2.24, 2.45) is 11.3 Å². The number of anilines is 2. The third-order valence-corrected chi connectivity index (χ3v) is 6.64. The van der Waals surface area contributed by atoms with E-state index in [1.165, 1.54) is 0 Å². The molecule has 0 bridgehead atoms. The Kier molecular flexibility index (Phi) is 6.81. The van der Waals surface area contributed by atoms with Gasteiger partial charge in [0, 0.05) is 30.2 Å². The van der Waals surface area contributed by atoms with Crippen molar-refractivity contribution in [3.63, 3.8) is 0 Å². The molecule has 1 spiro atoms. The molecule has 1 heterocycles. The maximum absolute atomic E-state index is 15.5. The van der Waals surface area contributed by atoms with E-state index in [1.54, 1.807) is 47.6 Å². The molecular weight excluding hydrogens is 481 g/mol. The van der Waals surface area contributed by atoms with E-state index < -0.39 is 35.1 Å². The van der Waals surface area contributed by atoms with Crippen molar-refractivity contribution in [2.75, 3.05) is 23.3 Å². The number of halogens is 1. The summed E-state index contributed by atoms with van der Waals surface area (Å²) in [7, 11) is 0. The minimum atomic E-state index is -1.02. The van der Waals surface area contributed by atoms with Crippen LogP contribution in [0.4, 0.5) is 25.4 Å². The van der Waals surface area contributed by atoms with Crippen molar-refractivity contribution in [1.29, 1.82) is 0 Å². The number of hydrogen-bond donors (Lipinski definition) is 3. The fraction of sp³-hybridized carbons (Fsp3) is 0.654. The first-order valence-electron chi connectivity index (χ1n) is 12.7. The summed E-state index contributed by atoms with van der Waals surface area (Å²) < 4.78 is 26.1. The SMILES string of the molecule is CC(C)(C)OC(=O)N[C@@H]1CN(c2cc(NC3CC3)c(C(=O)N(N)C(=O)OC(C)(C)C)cc2F)CC12CC2. The Hall–Kier alpha value is -3.08. The number of hydrogen-bond acceptors (Lipinski definition) is 8. The molecule has 1 atom stereocenters. The molecule has 2 saturated carbocycles. The number of nitrogens with one attached hydrogen (secondary N) is 2. The molecule has 2 aliphatic carbocycles. The van der Waals surface area contributed by atoms with Gasteiger partial charge in [-0.3, -0.25) is 4.79 Å². The van der Waals surface area contributed by atoms with E-state index >= 15 is 4.39 Å². The third-order valence-electron chi connectivity index (χ3n) is 6.64. The molecule has 11 heteroatoms.